The first-order chi connectivity index (χ1) is 8.27. The van der Waals surface area contributed by atoms with E-state index >= 15 is 0 Å². The number of fused-ring (bicyclic) bond motifs is 1. The van der Waals surface area contributed by atoms with Gasteiger partial charge in [-0.05, 0) is 6.07 Å². The van der Waals surface area contributed by atoms with E-state index in [0.717, 1.165) is 11.3 Å². The Labute approximate surface area is 96.9 Å². The van der Waals surface area contributed by atoms with Crippen LogP contribution in [0.1, 0.15) is 11.3 Å². The van der Waals surface area contributed by atoms with E-state index < -0.39 is 0 Å². The van der Waals surface area contributed by atoms with Crippen molar-refractivity contribution in [2.75, 3.05) is 5.32 Å². The van der Waals surface area contributed by atoms with Crippen molar-refractivity contribution >= 4 is 22.9 Å². The molecule has 2 aromatic rings. The first-order valence-electron chi connectivity index (χ1n) is 5.08. The number of hydrogen-bond acceptors (Lipinski definition) is 4. The topological polar surface area (TPSA) is 81.2 Å². The van der Waals surface area contributed by atoms with Gasteiger partial charge in [-0.2, -0.15) is 0 Å². The molecule has 3 rings (SSSR count). The van der Waals surface area contributed by atoms with E-state index in [4.69, 9.17) is 10.3 Å². The number of para-hydroxylation sites is 1. The molecule has 1 aromatic carbocycles. The monoisotopic (exact) mass is 227 g/mol. The summed E-state index contributed by atoms with van der Waals surface area (Å²) in [6, 6.07) is 9.01. The predicted molar refractivity (Wildman–Crippen MR) is 62.6 cm³/mol. The van der Waals surface area contributed by atoms with Crippen LogP contribution in [0.5, 0.6) is 0 Å². The molecule has 0 radical (unpaired) electrons. The fraction of sp³-hybridized carbons (Fsp3) is 0. The summed E-state index contributed by atoms with van der Waals surface area (Å²) in [5, 5.41) is 6.49. The van der Waals surface area contributed by atoms with Crippen LogP contribution in [-0.4, -0.2) is 11.1 Å². The summed E-state index contributed by atoms with van der Waals surface area (Å²) >= 11 is 0. The lowest BCUT2D eigenvalue weighted by Gasteiger charge is -2.01. The fourth-order valence-corrected chi connectivity index (χ4v) is 1.86. The lowest BCUT2D eigenvalue weighted by atomic mass is 10.0. The highest BCUT2D eigenvalue weighted by Crippen LogP contribution is 2.34. The largest absolute Gasteiger partial charge is 0.396 e. The summed E-state index contributed by atoms with van der Waals surface area (Å²) in [5.41, 5.74) is 8.72. The number of rotatable bonds is 1. The minimum absolute atomic E-state index is 0.216. The highest BCUT2D eigenvalue weighted by atomic mass is 16.5. The van der Waals surface area contributed by atoms with Crippen LogP contribution in [0.3, 0.4) is 0 Å². The third kappa shape index (κ3) is 1.40. The van der Waals surface area contributed by atoms with Gasteiger partial charge in [-0.25, -0.2) is 0 Å². The smallest absolute Gasteiger partial charge is 0.258 e. The molecule has 1 aromatic heterocycles. The second-order valence-corrected chi connectivity index (χ2v) is 3.67. The van der Waals surface area contributed by atoms with Crippen molar-refractivity contribution in [1.29, 1.82) is 0 Å². The number of nitrogens with zero attached hydrogens (tertiary/aromatic N) is 1. The van der Waals surface area contributed by atoms with Gasteiger partial charge in [-0.1, -0.05) is 23.4 Å². The molecule has 0 bridgehead atoms. The molecule has 1 aliphatic rings. The van der Waals surface area contributed by atoms with Gasteiger partial charge in [-0.3, -0.25) is 4.79 Å². The van der Waals surface area contributed by atoms with Gasteiger partial charge < -0.3 is 15.6 Å². The molecular weight excluding hydrogens is 218 g/mol. The van der Waals surface area contributed by atoms with Crippen molar-refractivity contribution in [3.05, 3.63) is 47.9 Å². The van der Waals surface area contributed by atoms with Crippen molar-refractivity contribution < 1.29 is 9.32 Å². The Morgan fingerprint density at radius 1 is 1.29 bits per heavy atom. The van der Waals surface area contributed by atoms with Crippen LogP contribution in [0.2, 0.25) is 0 Å². The number of aromatic nitrogens is 1. The van der Waals surface area contributed by atoms with Crippen LogP contribution < -0.4 is 11.1 Å². The average molecular weight is 227 g/mol. The maximum atomic E-state index is 11.9. The SMILES string of the molecule is N/C(=C1\C(=O)Nc2ccccc21)c1ccon1. The molecule has 0 aliphatic carbocycles. The molecule has 5 nitrogen and oxygen atoms in total. The van der Waals surface area contributed by atoms with Crippen LogP contribution in [0.4, 0.5) is 5.69 Å². The second kappa shape index (κ2) is 3.48. The zero-order chi connectivity index (χ0) is 11.8. The van der Waals surface area contributed by atoms with E-state index in [9.17, 15) is 4.79 Å². The predicted octanol–water partition coefficient (Wildman–Crippen LogP) is 1.45. The molecule has 1 aliphatic heterocycles. The number of amides is 1. The summed E-state index contributed by atoms with van der Waals surface area (Å²) < 4.78 is 4.72. The second-order valence-electron chi connectivity index (χ2n) is 3.67. The maximum Gasteiger partial charge on any atom is 0.258 e. The van der Waals surface area contributed by atoms with Gasteiger partial charge in [0.25, 0.3) is 5.91 Å². The van der Waals surface area contributed by atoms with Gasteiger partial charge in [0, 0.05) is 17.3 Å². The Hall–Kier alpha value is -2.56. The van der Waals surface area contributed by atoms with E-state index in [-0.39, 0.29) is 5.91 Å². The molecule has 0 saturated carbocycles. The van der Waals surface area contributed by atoms with Crippen molar-refractivity contribution in [1.82, 2.24) is 5.16 Å². The van der Waals surface area contributed by atoms with Crippen molar-refractivity contribution in [3.8, 4) is 0 Å². The number of hydrogen-bond donors (Lipinski definition) is 2. The lowest BCUT2D eigenvalue weighted by molar-refractivity contribution is -0.110. The summed E-state index contributed by atoms with van der Waals surface area (Å²) in [6.45, 7) is 0. The Bertz CT molecular complexity index is 614. The van der Waals surface area contributed by atoms with Crippen molar-refractivity contribution in [3.63, 3.8) is 0 Å². The van der Waals surface area contributed by atoms with Crippen LogP contribution >= 0.6 is 0 Å². The molecule has 84 valence electrons. The number of nitrogens with two attached hydrogens (primary N) is 1. The minimum Gasteiger partial charge on any atom is -0.396 e. The molecule has 17 heavy (non-hydrogen) atoms. The van der Waals surface area contributed by atoms with E-state index in [1.54, 1.807) is 6.07 Å². The van der Waals surface area contributed by atoms with Crippen LogP contribution in [-0.2, 0) is 4.79 Å². The molecule has 0 unspecified atom stereocenters. The molecule has 0 atom stereocenters. The van der Waals surface area contributed by atoms with Gasteiger partial charge in [0.05, 0.1) is 11.3 Å². The van der Waals surface area contributed by atoms with Crippen molar-refractivity contribution in [2.45, 2.75) is 0 Å². The maximum absolute atomic E-state index is 11.9. The average Bonchev–Trinajstić information content (AvgIpc) is 2.94. The van der Waals surface area contributed by atoms with Crippen LogP contribution in [0.15, 0.2) is 41.1 Å². The Morgan fingerprint density at radius 2 is 2.12 bits per heavy atom. The summed E-state index contributed by atoms with van der Waals surface area (Å²) in [7, 11) is 0. The van der Waals surface area contributed by atoms with E-state index in [1.807, 2.05) is 24.3 Å². The highest BCUT2D eigenvalue weighted by molar-refractivity contribution is 6.36. The first kappa shape index (κ1) is 9.65. The Kier molecular flexibility index (Phi) is 1.98. The molecule has 3 N–H and O–H groups in total. The van der Waals surface area contributed by atoms with E-state index in [1.165, 1.54) is 6.26 Å². The van der Waals surface area contributed by atoms with Crippen LogP contribution in [0, 0.1) is 0 Å². The molecule has 0 spiro atoms. The van der Waals surface area contributed by atoms with Gasteiger partial charge >= 0.3 is 0 Å². The third-order valence-electron chi connectivity index (χ3n) is 2.65. The number of benzene rings is 1. The molecular formula is C12H9N3O2. The fourth-order valence-electron chi connectivity index (χ4n) is 1.86. The standard InChI is InChI=1S/C12H9N3O2/c13-11(9-5-6-17-15-9)10-7-3-1-2-4-8(7)14-12(10)16/h1-6H,13H2,(H,14,16)/b11-10-. The molecule has 2 heterocycles. The number of nitrogens with one attached hydrogen (secondary N) is 1. The highest BCUT2D eigenvalue weighted by Gasteiger charge is 2.27. The molecule has 5 heteroatoms. The third-order valence-corrected chi connectivity index (χ3v) is 2.65. The summed E-state index contributed by atoms with van der Waals surface area (Å²) in [5.74, 6) is -0.216. The quantitative estimate of drug-likeness (QED) is 0.722. The first-order valence-corrected chi connectivity index (χ1v) is 5.08. The molecule has 0 saturated heterocycles. The minimum atomic E-state index is -0.216. The zero-order valence-electron chi connectivity index (χ0n) is 8.81. The lowest BCUT2D eigenvalue weighted by Crippen LogP contribution is -2.09. The molecule has 1 amide bonds. The summed E-state index contributed by atoms with van der Waals surface area (Å²) in [6.07, 6.45) is 1.42. The van der Waals surface area contributed by atoms with Crippen LogP contribution in [0.25, 0.3) is 11.3 Å². The normalized spacial score (nSPS) is 16.6. The Morgan fingerprint density at radius 3 is 2.88 bits per heavy atom. The van der Waals surface area contributed by atoms with Gasteiger partial charge in [0.2, 0.25) is 0 Å². The van der Waals surface area contributed by atoms with E-state index in [2.05, 4.69) is 10.5 Å². The van der Waals surface area contributed by atoms with Gasteiger partial charge in [-0.15, -0.1) is 0 Å². The van der Waals surface area contributed by atoms with Crippen molar-refractivity contribution in [2.24, 2.45) is 5.73 Å². The van der Waals surface area contributed by atoms with Gasteiger partial charge in [0.15, 0.2) is 0 Å². The zero-order valence-corrected chi connectivity index (χ0v) is 8.81. The number of anilines is 1. The summed E-state index contributed by atoms with van der Waals surface area (Å²) in [4.78, 5) is 11.9. The van der Waals surface area contributed by atoms with Gasteiger partial charge in [0.1, 0.15) is 12.0 Å². The molecule has 0 fully saturated rings. The number of carbonyl (C=O) groups excluding carboxylic acids is 1. The Balaban J connectivity index is 2.22. The van der Waals surface area contributed by atoms with E-state index in [0.29, 0.717) is 17.0 Å². The number of carbonyl (C=O) groups is 1.